The fraction of sp³-hybridized carbons (Fsp3) is 0.286. The maximum absolute atomic E-state index is 12.9. The molecule has 3 aromatic rings. The number of hydrogen-bond donors (Lipinski definition) is 0. The van der Waals surface area contributed by atoms with E-state index in [0.717, 1.165) is 17.2 Å². The van der Waals surface area contributed by atoms with Gasteiger partial charge < -0.3 is 4.90 Å². The molecule has 0 amide bonds. The molecule has 0 unspecified atom stereocenters. The van der Waals surface area contributed by atoms with Crippen molar-refractivity contribution < 1.29 is 8.42 Å². The average molecular weight is 448 g/mol. The van der Waals surface area contributed by atoms with Crippen LogP contribution in [0, 0.1) is 6.92 Å². The Bertz CT molecular complexity index is 1110. The summed E-state index contributed by atoms with van der Waals surface area (Å²) in [7, 11) is -3.53. The van der Waals surface area contributed by atoms with Crippen LogP contribution in [0.1, 0.15) is 16.8 Å². The predicted molar refractivity (Wildman–Crippen MR) is 119 cm³/mol. The van der Waals surface area contributed by atoms with Gasteiger partial charge in [0.2, 0.25) is 10.0 Å². The van der Waals surface area contributed by atoms with Crippen molar-refractivity contribution in [1.82, 2.24) is 9.29 Å². The first-order valence-electron chi connectivity index (χ1n) is 9.43. The number of thiazole rings is 1. The number of aromatic nitrogens is 1. The number of aryl methyl sites for hydroxylation is 1. The molecular weight excluding hydrogens is 426 g/mol. The van der Waals surface area contributed by atoms with E-state index >= 15 is 0 Å². The number of hydrogen-bond acceptors (Lipinski definition) is 5. The van der Waals surface area contributed by atoms with E-state index in [9.17, 15) is 8.42 Å². The zero-order valence-electron chi connectivity index (χ0n) is 16.1. The molecule has 1 aliphatic rings. The van der Waals surface area contributed by atoms with Gasteiger partial charge in [0, 0.05) is 43.0 Å². The number of nitrogens with zero attached hydrogens (tertiary/aromatic N) is 3. The maximum atomic E-state index is 12.9. The predicted octanol–water partition coefficient (Wildman–Crippen LogP) is 4.21. The zero-order valence-corrected chi connectivity index (χ0v) is 18.5. The van der Waals surface area contributed by atoms with Gasteiger partial charge in [0.15, 0.2) is 5.13 Å². The van der Waals surface area contributed by atoms with Gasteiger partial charge in [0.05, 0.1) is 10.6 Å². The van der Waals surface area contributed by atoms with Crippen LogP contribution in [-0.4, -0.2) is 43.9 Å². The number of benzene rings is 2. The second-order valence-electron chi connectivity index (χ2n) is 7.07. The topological polar surface area (TPSA) is 53.5 Å². The van der Waals surface area contributed by atoms with E-state index in [1.165, 1.54) is 21.5 Å². The first-order valence-corrected chi connectivity index (χ1v) is 12.1. The van der Waals surface area contributed by atoms with Gasteiger partial charge in [0.1, 0.15) is 0 Å². The fourth-order valence-corrected chi connectivity index (χ4v) is 6.03. The summed E-state index contributed by atoms with van der Waals surface area (Å²) in [6, 6.07) is 14.8. The molecule has 8 heteroatoms. The van der Waals surface area contributed by atoms with Crippen molar-refractivity contribution in [2.45, 2.75) is 18.2 Å². The molecule has 152 valence electrons. The lowest BCUT2D eigenvalue weighted by Gasteiger charge is -2.33. The average Bonchev–Trinajstić information content (AvgIpc) is 3.18. The van der Waals surface area contributed by atoms with Crippen LogP contribution in [-0.2, 0) is 16.4 Å². The molecule has 0 bridgehead atoms. The largest absolute Gasteiger partial charge is 0.345 e. The van der Waals surface area contributed by atoms with Crippen LogP contribution in [0.2, 0.25) is 5.02 Å². The Kier molecular flexibility index (Phi) is 5.92. The minimum absolute atomic E-state index is 0.244. The molecule has 5 nitrogen and oxygen atoms in total. The lowest BCUT2D eigenvalue weighted by molar-refractivity contribution is 0.384. The van der Waals surface area contributed by atoms with Gasteiger partial charge in [-0.2, -0.15) is 4.31 Å². The van der Waals surface area contributed by atoms with Crippen molar-refractivity contribution in [1.29, 1.82) is 0 Å². The van der Waals surface area contributed by atoms with Gasteiger partial charge in [-0.25, -0.2) is 13.4 Å². The first-order chi connectivity index (χ1) is 13.9. The Morgan fingerprint density at radius 3 is 2.55 bits per heavy atom. The highest BCUT2D eigenvalue weighted by molar-refractivity contribution is 7.89. The van der Waals surface area contributed by atoms with Crippen LogP contribution < -0.4 is 4.90 Å². The molecule has 0 aliphatic carbocycles. The van der Waals surface area contributed by atoms with Crippen molar-refractivity contribution >= 4 is 38.1 Å². The van der Waals surface area contributed by atoms with Crippen LogP contribution in [0.25, 0.3) is 0 Å². The van der Waals surface area contributed by atoms with Gasteiger partial charge in [0.25, 0.3) is 0 Å². The number of rotatable bonds is 5. The van der Waals surface area contributed by atoms with Gasteiger partial charge in [-0.15, -0.1) is 11.3 Å². The highest BCUT2D eigenvalue weighted by atomic mass is 35.5. The maximum Gasteiger partial charge on any atom is 0.243 e. The minimum Gasteiger partial charge on any atom is -0.345 e. The van der Waals surface area contributed by atoms with Gasteiger partial charge >= 0.3 is 0 Å². The number of anilines is 1. The van der Waals surface area contributed by atoms with Crippen molar-refractivity contribution in [3.63, 3.8) is 0 Å². The van der Waals surface area contributed by atoms with Crippen molar-refractivity contribution in [3.05, 3.63) is 75.8 Å². The third-order valence-corrected chi connectivity index (χ3v) is 8.20. The highest BCUT2D eigenvalue weighted by Crippen LogP contribution is 2.26. The Balaban J connectivity index is 1.41. The second kappa shape index (κ2) is 8.44. The van der Waals surface area contributed by atoms with Crippen LogP contribution in [0.5, 0.6) is 0 Å². The molecule has 1 aliphatic heterocycles. The normalized spacial score (nSPS) is 15.6. The third kappa shape index (κ3) is 4.48. The molecule has 29 heavy (non-hydrogen) atoms. The smallest absolute Gasteiger partial charge is 0.243 e. The molecule has 1 aromatic heterocycles. The Hall–Kier alpha value is -1.93. The number of halogens is 1. The summed E-state index contributed by atoms with van der Waals surface area (Å²) in [6.45, 7) is 4.22. The van der Waals surface area contributed by atoms with Gasteiger partial charge in [-0.1, -0.05) is 41.9 Å². The van der Waals surface area contributed by atoms with E-state index in [2.05, 4.69) is 35.4 Å². The molecule has 0 saturated carbocycles. The van der Waals surface area contributed by atoms with Crippen LogP contribution in [0.3, 0.4) is 0 Å². The van der Waals surface area contributed by atoms with Gasteiger partial charge in [-0.3, -0.25) is 0 Å². The van der Waals surface area contributed by atoms with Gasteiger partial charge in [-0.05, 0) is 36.2 Å². The quantitative estimate of drug-likeness (QED) is 0.588. The minimum atomic E-state index is -3.53. The second-order valence-corrected chi connectivity index (χ2v) is 10.3. The standard InChI is InChI=1S/C21H22ClN3O2S2/c1-16-5-2-3-6-17(16)13-19-15-28-21(23-19)24-9-11-25(12-10-24)29(26,27)20-8-4-7-18(22)14-20/h2-8,14-15H,9-13H2,1H3. The van der Waals surface area contributed by atoms with E-state index < -0.39 is 10.0 Å². The summed E-state index contributed by atoms with van der Waals surface area (Å²) in [5.41, 5.74) is 3.59. The summed E-state index contributed by atoms with van der Waals surface area (Å²) in [5, 5.41) is 3.47. The Morgan fingerprint density at radius 2 is 1.83 bits per heavy atom. The fourth-order valence-electron chi connectivity index (χ4n) is 3.42. The van der Waals surface area contributed by atoms with Crippen LogP contribution in [0.15, 0.2) is 58.8 Å². The zero-order chi connectivity index (χ0) is 20.4. The highest BCUT2D eigenvalue weighted by Gasteiger charge is 2.29. The molecule has 0 N–H and O–H groups in total. The molecule has 4 rings (SSSR count). The SMILES string of the molecule is Cc1ccccc1Cc1csc(N2CCN(S(=O)(=O)c3cccc(Cl)c3)CC2)n1. The van der Waals surface area contributed by atoms with E-state index in [-0.39, 0.29) is 4.90 Å². The summed E-state index contributed by atoms with van der Waals surface area (Å²) in [4.78, 5) is 7.19. The van der Waals surface area contributed by atoms with E-state index in [4.69, 9.17) is 16.6 Å². The van der Waals surface area contributed by atoms with Crippen molar-refractivity contribution in [2.75, 3.05) is 31.1 Å². The third-order valence-electron chi connectivity index (χ3n) is 5.12. The molecule has 1 saturated heterocycles. The van der Waals surface area contributed by atoms with Crippen molar-refractivity contribution in [2.24, 2.45) is 0 Å². The van der Waals surface area contributed by atoms with E-state index in [1.54, 1.807) is 29.5 Å². The van der Waals surface area contributed by atoms with E-state index in [0.29, 0.717) is 31.2 Å². The molecule has 0 radical (unpaired) electrons. The molecule has 2 heterocycles. The number of sulfonamides is 1. The van der Waals surface area contributed by atoms with Crippen molar-refractivity contribution in [3.8, 4) is 0 Å². The molecular formula is C21H22ClN3O2S2. The Labute approximate surface area is 180 Å². The summed E-state index contributed by atoms with van der Waals surface area (Å²) in [5.74, 6) is 0. The summed E-state index contributed by atoms with van der Waals surface area (Å²) < 4.78 is 27.2. The Morgan fingerprint density at radius 1 is 1.07 bits per heavy atom. The van der Waals surface area contributed by atoms with E-state index in [1.807, 2.05) is 6.07 Å². The molecule has 1 fully saturated rings. The monoisotopic (exact) mass is 447 g/mol. The number of piperazine rings is 1. The molecule has 0 spiro atoms. The van der Waals surface area contributed by atoms with Crippen LogP contribution in [0.4, 0.5) is 5.13 Å². The lowest BCUT2D eigenvalue weighted by Crippen LogP contribution is -2.48. The first kappa shape index (κ1) is 20.3. The molecule has 0 atom stereocenters. The molecule has 2 aromatic carbocycles. The summed E-state index contributed by atoms with van der Waals surface area (Å²) in [6.07, 6.45) is 0.812. The summed E-state index contributed by atoms with van der Waals surface area (Å²) >= 11 is 7.58. The lowest BCUT2D eigenvalue weighted by atomic mass is 10.1. The van der Waals surface area contributed by atoms with Crippen LogP contribution >= 0.6 is 22.9 Å².